The number of halogens is 1. The molecule has 1 atom stereocenters. The molecule has 0 aliphatic carbocycles. The van der Waals surface area contributed by atoms with E-state index in [0.717, 1.165) is 30.2 Å². The summed E-state index contributed by atoms with van der Waals surface area (Å²) in [6, 6.07) is 6.19. The summed E-state index contributed by atoms with van der Waals surface area (Å²) in [6.45, 7) is 2.28. The number of hydrogen-bond acceptors (Lipinski definition) is 4. The van der Waals surface area contributed by atoms with Gasteiger partial charge in [0.2, 0.25) is 0 Å². The number of thioether (sulfide) groups is 1. The normalized spacial score (nSPS) is 18.6. The van der Waals surface area contributed by atoms with Gasteiger partial charge >= 0.3 is 5.97 Å². The average molecular weight is 318 g/mol. The van der Waals surface area contributed by atoms with Crippen molar-refractivity contribution in [2.75, 3.05) is 26.5 Å². The molecule has 2 rings (SSSR count). The van der Waals surface area contributed by atoms with E-state index in [1.807, 2.05) is 12.3 Å². The Morgan fingerprint density at radius 2 is 2.30 bits per heavy atom. The molecule has 0 amide bonds. The van der Waals surface area contributed by atoms with Crippen LogP contribution in [0.4, 0.5) is 0 Å². The maximum Gasteiger partial charge on any atom is 0.307 e. The first-order valence-corrected chi connectivity index (χ1v) is 7.52. The highest BCUT2D eigenvalue weighted by molar-refractivity contribution is 7.98. The van der Waals surface area contributed by atoms with Crippen LogP contribution in [-0.4, -0.2) is 42.4 Å². The summed E-state index contributed by atoms with van der Waals surface area (Å²) in [4.78, 5) is 14.2. The fourth-order valence-corrected chi connectivity index (χ4v) is 2.96. The van der Waals surface area contributed by atoms with Crippen LogP contribution in [-0.2, 0) is 11.3 Å². The number of carboxylic acids is 1. The van der Waals surface area contributed by atoms with E-state index < -0.39 is 5.97 Å². The van der Waals surface area contributed by atoms with Crippen molar-refractivity contribution < 1.29 is 14.6 Å². The monoisotopic (exact) mass is 317 g/mol. The molecule has 1 aliphatic rings. The number of carbonyl (C=O) groups is 1. The number of likely N-dealkylation sites (tertiary alicyclic amines) is 1. The molecule has 0 spiro atoms. The number of ether oxygens (including phenoxy) is 1. The lowest BCUT2D eigenvalue weighted by molar-refractivity contribution is -0.141. The fourth-order valence-electron chi connectivity index (χ4n) is 2.42. The Labute approximate surface area is 129 Å². The van der Waals surface area contributed by atoms with Crippen molar-refractivity contribution in [1.29, 1.82) is 0 Å². The molecule has 1 fully saturated rings. The molecule has 0 radical (unpaired) electrons. The molecule has 1 aliphatic heterocycles. The lowest BCUT2D eigenvalue weighted by atomic mass is 10.1. The number of benzene rings is 1. The van der Waals surface area contributed by atoms with Gasteiger partial charge in [0, 0.05) is 18.0 Å². The molecule has 4 nitrogen and oxygen atoms in total. The number of methoxy groups -OCH3 is 1. The SMILES string of the molecule is COc1cc(CN2CCC(C(=O)O)C2)ccc1SC.Cl. The van der Waals surface area contributed by atoms with Crippen molar-refractivity contribution in [1.82, 2.24) is 4.90 Å². The third-order valence-electron chi connectivity index (χ3n) is 3.48. The third kappa shape index (κ3) is 4.04. The number of nitrogens with zero attached hydrogens (tertiary/aromatic N) is 1. The Bertz CT molecular complexity index is 470. The predicted octanol–water partition coefficient (Wildman–Crippen LogP) is 2.75. The highest BCUT2D eigenvalue weighted by atomic mass is 35.5. The largest absolute Gasteiger partial charge is 0.496 e. The van der Waals surface area contributed by atoms with Gasteiger partial charge in [-0.05, 0) is 36.9 Å². The number of aliphatic carboxylic acids is 1. The van der Waals surface area contributed by atoms with Gasteiger partial charge < -0.3 is 9.84 Å². The zero-order valence-corrected chi connectivity index (χ0v) is 13.3. The van der Waals surface area contributed by atoms with E-state index >= 15 is 0 Å². The second-order valence-corrected chi connectivity index (χ2v) is 5.60. The molecule has 112 valence electrons. The predicted molar refractivity (Wildman–Crippen MR) is 83.0 cm³/mol. The second-order valence-electron chi connectivity index (χ2n) is 4.75. The number of hydrogen-bond donors (Lipinski definition) is 1. The highest BCUT2D eigenvalue weighted by Crippen LogP contribution is 2.29. The summed E-state index contributed by atoms with van der Waals surface area (Å²) in [7, 11) is 1.68. The van der Waals surface area contributed by atoms with Gasteiger partial charge in [-0.1, -0.05) is 6.07 Å². The Hall–Kier alpha value is -0.910. The summed E-state index contributed by atoms with van der Waals surface area (Å²) in [5.74, 6) is -0.0100. The molecular weight excluding hydrogens is 298 g/mol. The average Bonchev–Trinajstić information content (AvgIpc) is 2.87. The quantitative estimate of drug-likeness (QED) is 0.846. The van der Waals surface area contributed by atoms with Gasteiger partial charge in [0.15, 0.2) is 0 Å². The third-order valence-corrected chi connectivity index (χ3v) is 4.25. The van der Waals surface area contributed by atoms with Crippen LogP contribution < -0.4 is 4.74 Å². The van der Waals surface area contributed by atoms with Crippen LogP contribution >= 0.6 is 24.2 Å². The van der Waals surface area contributed by atoms with E-state index in [-0.39, 0.29) is 18.3 Å². The molecule has 0 bridgehead atoms. The van der Waals surface area contributed by atoms with Crippen LogP contribution in [0.2, 0.25) is 0 Å². The fraction of sp³-hybridized carbons (Fsp3) is 0.500. The maximum absolute atomic E-state index is 10.9. The highest BCUT2D eigenvalue weighted by Gasteiger charge is 2.27. The summed E-state index contributed by atoms with van der Waals surface area (Å²) < 4.78 is 5.37. The lowest BCUT2D eigenvalue weighted by Crippen LogP contribution is -2.22. The van der Waals surface area contributed by atoms with Gasteiger partial charge in [0.25, 0.3) is 0 Å². The van der Waals surface area contributed by atoms with E-state index in [0.29, 0.717) is 6.54 Å². The first-order chi connectivity index (χ1) is 9.13. The van der Waals surface area contributed by atoms with Crippen molar-refractivity contribution in [3.05, 3.63) is 23.8 Å². The molecule has 1 heterocycles. The minimum absolute atomic E-state index is 0. The summed E-state index contributed by atoms with van der Waals surface area (Å²) in [6.07, 6.45) is 2.77. The molecule has 1 aromatic rings. The molecule has 0 aromatic heterocycles. The smallest absolute Gasteiger partial charge is 0.307 e. The van der Waals surface area contributed by atoms with Crippen molar-refractivity contribution in [3.63, 3.8) is 0 Å². The van der Waals surface area contributed by atoms with E-state index in [1.165, 1.54) is 5.56 Å². The minimum atomic E-state index is -0.683. The maximum atomic E-state index is 10.9. The van der Waals surface area contributed by atoms with Crippen LogP contribution in [0.3, 0.4) is 0 Å². The van der Waals surface area contributed by atoms with Crippen LogP contribution in [0.25, 0.3) is 0 Å². The molecule has 1 saturated heterocycles. The summed E-state index contributed by atoms with van der Waals surface area (Å²) in [5.41, 5.74) is 1.17. The van der Waals surface area contributed by atoms with Gasteiger partial charge in [-0.2, -0.15) is 0 Å². The van der Waals surface area contributed by atoms with Crippen LogP contribution in [0, 0.1) is 5.92 Å². The minimum Gasteiger partial charge on any atom is -0.496 e. The molecule has 0 saturated carbocycles. The van der Waals surface area contributed by atoms with Crippen molar-refractivity contribution in [2.24, 2.45) is 5.92 Å². The van der Waals surface area contributed by atoms with Gasteiger partial charge in [0.1, 0.15) is 5.75 Å². The van der Waals surface area contributed by atoms with E-state index in [9.17, 15) is 4.79 Å². The first-order valence-electron chi connectivity index (χ1n) is 6.30. The Kier molecular flexibility index (Phi) is 6.65. The summed E-state index contributed by atoms with van der Waals surface area (Å²) in [5, 5.41) is 9.00. The van der Waals surface area contributed by atoms with Crippen molar-refractivity contribution >= 4 is 30.1 Å². The van der Waals surface area contributed by atoms with Gasteiger partial charge in [-0.15, -0.1) is 24.2 Å². The van der Waals surface area contributed by atoms with Crippen LogP contribution in [0.15, 0.2) is 23.1 Å². The Balaban J connectivity index is 0.00000200. The van der Waals surface area contributed by atoms with E-state index in [2.05, 4.69) is 17.0 Å². The molecular formula is C14H20ClNO3S. The first kappa shape index (κ1) is 17.1. The number of rotatable bonds is 5. The molecule has 6 heteroatoms. The lowest BCUT2D eigenvalue weighted by Gasteiger charge is -2.16. The Morgan fingerprint density at radius 1 is 1.55 bits per heavy atom. The molecule has 20 heavy (non-hydrogen) atoms. The van der Waals surface area contributed by atoms with E-state index in [4.69, 9.17) is 9.84 Å². The topological polar surface area (TPSA) is 49.8 Å². The molecule has 1 unspecified atom stereocenters. The van der Waals surface area contributed by atoms with Crippen molar-refractivity contribution in [2.45, 2.75) is 17.9 Å². The van der Waals surface area contributed by atoms with E-state index in [1.54, 1.807) is 18.9 Å². The Morgan fingerprint density at radius 3 is 2.85 bits per heavy atom. The van der Waals surface area contributed by atoms with Crippen LogP contribution in [0.1, 0.15) is 12.0 Å². The molecule has 1 N–H and O–H groups in total. The van der Waals surface area contributed by atoms with Gasteiger partial charge in [-0.3, -0.25) is 9.69 Å². The van der Waals surface area contributed by atoms with Gasteiger partial charge in [0.05, 0.1) is 13.0 Å². The van der Waals surface area contributed by atoms with Gasteiger partial charge in [-0.25, -0.2) is 0 Å². The standard InChI is InChI=1S/C14H19NO3S.ClH/c1-18-12-7-10(3-4-13(12)19-2)8-15-6-5-11(9-15)14(16)17;/h3-4,7,11H,5-6,8-9H2,1-2H3,(H,16,17);1H. The van der Waals surface area contributed by atoms with Crippen LogP contribution in [0.5, 0.6) is 5.75 Å². The zero-order valence-electron chi connectivity index (χ0n) is 11.7. The summed E-state index contributed by atoms with van der Waals surface area (Å²) >= 11 is 1.66. The molecule has 1 aromatic carbocycles. The second kappa shape index (κ2) is 7.76. The zero-order chi connectivity index (χ0) is 13.8. The van der Waals surface area contributed by atoms with Crippen molar-refractivity contribution in [3.8, 4) is 5.75 Å². The number of carboxylic acid groups (broad SMARTS) is 1.